The minimum absolute atomic E-state index is 0. The zero-order chi connectivity index (χ0) is 20.0. The van der Waals surface area contributed by atoms with Gasteiger partial charge in [0.2, 0.25) is 0 Å². The van der Waals surface area contributed by atoms with Crippen LogP contribution in [0.2, 0.25) is 0 Å². The first kappa shape index (κ1) is 25.9. The Balaban J connectivity index is 0.00000420. The van der Waals surface area contributed by atoms with Gasteiger partial charge < -0.3 is 25.0 Å². The lowest BCUT2D eigenvalue weighted by Crippen LogP contribution is -2.44. The van der Waals surface area contributed by atoms with Crippen molar-refractivity contribution in [2.24, 2.45) is 4.99 Å². The molecule has 1 aliphatic rings. The molecule has 7 nitrogen and oxygen atoms in total. The zero-order valence-corrected chi connectivity index (χ0v) is 20.5. The van der Waals surface area contributed by atoms with E-state index in [1.54, 1.807) is 0 Å². The van der Waals surface area contributed by atoms with Crippen LogP contribution in [0.25, 0.3) is 0 Å². The molecule has 2 N–H and O–H groups in total. The predicted molar refractivity (Wildman–Crippen MR) is 131 cm³/mol. The van der Waals surface area contributed by atoms with E-state index >= 15 is 0 Å². The maximum atomic E-state index is 5.79. The highest BCUT2D eigenvalue weighted by Crippen LogP contribution is 2.13. The summed E-state index contributed by atoms with van der Waals surface area (Å²) in [4.78, 5) is 9.28. The van der Waals surface area contributed by atoms with Gasteiger partial charge in [0.25, 0.3) is 0 Å². The highest BCUT2D eigenvalue weighted by molar-refractivity contribution is 14.0. The Bertz CT molecular complexity index is 563. The van der Waals surface area contributed by atoms with Crippen molar-refractivity contribution in [3.8, 4) is 5.75 Å². The van der Waals surface area contributed by atoms with Crippen molar-refractivity contribution in [1.29, 1.82) is 0 Å². The number of hydrogen-bond acceptors (Lipinski definition) is 5. The standard InChI is InChI=1S/C21H37N5O2.HI/c1-4-22-21(23-10-12-26-13-16-27-17-14-26)24-18-19-6-8-20(9-7-19)28-15-5-11-25(2)3;/h6-9H,4-5,10-18H2,1-3H3,(H2,22,23,24);1H. The van der Waals surface area contributed by atoms with Gasteiger partial charge in [0.15, 0.2) is 5.96 Å². The van der Waals surface area contributed by atoms with Gasteiger partial charge >= 0.3 is 0 Å². The molecule has 1 aromatic carbocycles. The number of ether oxygens (including phenoxy) is 2. The van der Waals surface area contributed by atoms with Crippen molar-refractivity contribution in [2.75, 3.05) is 73.2 Å². The van der Waals surface area contributed by atoms with Crippen LogP contribution < -0.4 is 15.4 Å². The van der Waals surface area contributed by atoms with Gasteiger partial charge in [0.1, 0.15) is 5.75 Å². The summed E-state index contributed by atoms with van der Waals surface area (Å²) < 4.78 is 11.2. The molecule has 0 bridgehead atoms. The van der Waals surface area contributed by atoms with E-state index < -0.39 is 0 Å². The number of guanidine groups is 1. The number of nitrogens with one attached hydrogen (secondary N) is 2. The molecule has 8 heteroatoms. The molecule has 0 spiro atoms. The lowest BCUT2D eigenvalue weighted by atomic mass is 10.2. The van der Waals surface area contributed by atoms with Crippen LogP contribution in [-0.2, 0) is 11.3 Å². The van der Waals surface area contributed by atoms with E-state index in [4.69, 9.17) is 14.5 Å². The number of nitrogens with zero attached hydrogens (tertiary/aromatic N) is 3. The van der Waals surface area contributed by atoms with Gasteiger partial charge in [-0.2, -0.15) is 0 Å². The van der Waals surface area contributed by atoms with E-state index in [2.05, 4.69) is 53.6 Å². The van der Waals surface area contributed by atoms with Crippen LogP contribution >= 0.6 is 24.0 Å². The highest BCUT2D eigenvalue weighted by Gasteiger charge is 2.09. The summed E-state index contributed by atoms with van der Waals surface area (Å²) in [6.45, 7) is 11.0. The Labute approximate surface area is 193 Å². The number of hydrogen-bond donors (Lipinski definition) is 2. The lowest BCUT2D eigenvalue weighted by Gasteiger charge is -2.26. The molecule has 1 fully saturated rings. The molecule has 1 aliphatic heterocycles. The smallest absolute Gasteiger partial charge is 0.191 e. The molecule has 0 radical (unpaired) electrons. The fourth-order valence-corrected chi connectivity index (χ4v) is 2.93. The van der Waals surface area contributed by atoms with Crippen LogP contribution in [0.3, 0.4) is 0 Å². The Morgan fingerprint density at radius 1 is 1.17 bits per heavy atom. The molecule has 2 rings (SSSR count). The number of aliphatic imine (C=N–C) groups is 1. The lowest BCUT2D eigenvalue weighted by molar-refractivity contribution is 0.0389. The normalized spacial score (nSPS) is 15.1. The maximum absolute atomic E-state index is 5.79. The fourth-order valence-electron chi connectivity index (χ4n) is 2.93. The third-order valence-corrected chi connectivity index (χ3v) is 4.53. The van der Waals surface area contributed by atoms with Crippen LogP contribution in [0.5, 0.6) is 5.75 Å². The molecule has 0 amide bonds. The van der Waals surface area contributed by atoms with E-state index in [-0.39, 0.29) is 24.0 Å². The zero-order valence-electron chi connectivity index (χ0n) is 18.2. The number of rotatable bonds is 11. The second-order valence-corrected chi connectivity index (χ2v) is 7.23. The molecular formula is C21H38IN5O2. The summed E-state index contributed by atoms with van der Waals surface area (Å²) in [5.74, 6) is 1.78. The third kappa shape index (κ3) is 11.6. The second kappa shape index (κ2) is 15.7. The summed E-state index contributed by atoms with van der Waals surface area (Å²) >= 11 is 0. The largest absolute Gasteiger partial charge is 0.494 e. The number of morpholine rings is 1. The summed E-state index contributed by atoms with van der Waals surface area (Å²) in [6, 6.07) is 8.22. The Hall–Kier alpha value is -1.10. The van der Waals surface area contributed by atoms with Gasteiger partial charge in [-0.1, -0.05) is 12.1 Å². The average molecular weight is 519 g/mol. The molecule has 1 saturated heterocycles. The van der Waals surface area contributed by atoms with Crippen LogP contribution in [-0.4, -0.2) is 88.9 Å². The van der Waals surface area contributed by atoms with E-state index in [1.165, 1.54) is 5.56 Å². The first-order chi connectivity index (χ1) is 13.7. The minimum atomic E-state index is 0. The quantitative estimate of drug-likeness (QED) is 0.202. The topological polar surface area (TPSA) is 61.4 Å². The minimum Gasteiger partial charge on any atom is -0.494 e. The van der Waals surface area contributed by atoms with Crippen molar-refractivity contribution in [3.63, 3.8) is 0 Å². The first-order valence-corrected chi connectivity index (χ1v) is 10.4. The summed E-state index contributed by atoms with van der Waals surface area (Å²) in [5, 5.41) is 6.73. The SMILES string of the molecule is CCNC(=NCc1ccc(OCCCN(C)C)cc1)NCCN1CCOCC1.I. The van der Waals surface area contributed by atoms with E-state index in [9.17, 15) is 0 Å². The summed E-state index contributed by atoms with van der Waals surface area (Å²) in [6.07, 6.45) is 1.03. The maximum Gasteiger partial charge on any atom is 0.191 e. The molecule has 0 saturated carbocycles. The van der Waals surface area contributed by atoms with Crippen LogP contribution in [0, 0.1) is 0 Å². The van der Waals surface area contributed by atoms with Gasteiger partial charge in [0.05, 0.1) is 26.4 Å². The number of halogens is 1. The monoisotopic (exact) mass is 519 g/mol. The molecule has 29 heavy (non-hydrogen) atoms. The van der Waals surface area contributed by atoms with Crippen LogP contribution in [0.1, 0.15) is 18.9 Å². The number of benzene rings is 1. The van der Waals surface area contributed by atoms with E-state index in [1.807, 2.05) is 12.1 Å². The summed E-state index contributed by atoms with van der Waals surface area (Å²) in [5.41, 5.74) is 1.17. The van der Waals surface area contributed by atoms with Gasteiger partial charge in [-0.3, -0.25) is 4.90 Å². The Morgan fingerprint density at radius 2 is 1.90 bits per heavy atom. The molecule has 0 unspecified atom stereocenters. The first-order valence-electron chi connectivity index (χ1n) is 10.4. The van der Waals surface area contributed by atoms with Gasteiger partial charge in [-0.15, -0.1) is 24.0 Å². The summed E-state index contributed by atoms with van der Waals surface area (Å²) in [7, 11) is 4.16. The van der Waals surface area contributed by atoms with Crippen molar-refractivity contribution < 1.29 is 9.47 Å². The van der Waals surface area contributed by atoms with Crippen LogP contribution in [0.4, 0.5) is 0 Å². The Morgan fingerprint density at radius 3 is 2.55 bits per heavy atom. The molecule has 0 atom stereocenters. The average Bonchev–Trinajstić information content (AvgIpc) is 2.71. The van der Waals surface area contributed by atoms with Crippen molar-refractivity contribution in [3.05, 3.63) is 29.8 Å². The van der Waals surface area contributed by atoms with Gasteiger partial charge in [0, 0.05) is 39.3 Å². The van der Waals surface area contributed by atoms with E-state index in [0.717, 1.165) is 77.2 Å². The highest BCUT2D eigenvalue weighted by atomic mass is 127. The van der Waals surface area contributed by atoms with Crippen molar-refractivity contribution in [1.82, 2.24) is 20.4 Å². The van der Waals surface area contributed by atoms with E-state index in [0.29, 0.717) is 6.54 Å². The molecular weight excluding hydrogens is 481 g/mol. The van der Waals surface area contributed by atoms with Gasteiger partial charge in [-0.05, 0) is 45.1 Å². The molecule has 1 aromatic rings. The molecule has 166 valence electrons. The van der Waals surface area contributed by atoms with Crippen LogP contribution in [0.15, 0.2) is 29.3 Å². The Kier molecular flexibility index (Phi) is 14.0. The van der Waals surface area contributed by atoms with Gasteiger partial charge in [-0.25, -0.2) is 4.99 Å². The second-order valence-electron chi connectivity index (χ2n) is 7.23. The molecule has 0 aromatic heterocycles. The van der Waals surface area contributed by atoms with Crippen molar-refractivity contribution >= 4 is 29.9 Å². The molecule has 0 aliphatic carbocycles. The van der Waals surface area contributed by atoms with Crippen molar-refractivity contribution in [2.45, 2.75) is 19.9 Å². The predicted octanol–water partition coefficient (Wildman–Crippen LogP) is 2.02. The fraction of sp³-hybridized carbons (Fsp3) is 0.667. The molecule has 1 heterocycles. The third-order valence-electron chi connectivity index (χ3n) is 4.53.